The van der Waals surface area contributed by atoms with E-state index in [9.17, 15) is 4.39 Å². The van der Waals surface area contributed by atoms with Crippen molar-refractivity contribution >= 4 is 28.8 Å². The van der Waals surface area contributed by atoms with E-state index in [4.69, 9.17) is 11.6 Å². The average Bonchev–Trinajstić information content (AvgIpc) is 2.67. The summed E-state index contributed by atoms with van der Waals surface area (Å²) in [6.45, 7) is 0.644. The van der Waals surface area contributed by atoms with Gasteiger partial charge in [-0.05, 0) is 30.7 Å². The Labute approximate surface area is 102 Å². The molecule has 0 unspecified atom stereocenters. The van der Waals surface area contributed by atoms with E-state index in [1.165, 1.54) is 22.3 Å². The maximum Gasteiger partial charge on any atom is 0.165 e. The standard InChI is InChI=1S/C11H10ClFN2S/c12-10-4-3-8(16-10)5-7-15-11-9(13)2-1-6-14-11/h1-4,6H,5,7H2,(H,14,15). The SMILES string of the molecule is Fc1cccnc1NCCc1ccc(Cl)s1. The first-order chi connectivity index (χ1) is 7.75. The lowest BCUT2D eigenvalue weighted by molar-refractivity contribution is 0.624. The van der Waals surface area contributed by atoms with Gasteiger partial charge < -0.3 is 5.32 Å². The smallest absolute Gasteiger partial charge is 0.165 e. The second-order valence-electron chi connectivity index (χ2n) is 3.22. The molecule has 0 fully saturated rings. The third-order valence-corrected chi connectivity index (χ3v) is 3.34. The second-order valence-corrected chi connectivity index (χ2v) is 5.02. The number of nitrogens with one attached hydrogen (secondary N) is 1. The van der Waals surface area contributed by atoms with E-state index in [0.29, 0.717) is 12.4 Å². The fourth-order valence-corrected chi connectivity index (χ4v) is 2.39. The van der Waals surface area contributed by atoms with Crippen LogP contribution in [0.25, 0.3) is 0 Å². The van der Waals surface area contributed by atoms with Gasteiger partial charge in [0, 0.05) is 17.6 Å². The average molecular weight is 257 g/mol. The molecular weight excluding hydrogens is 247 g/mol. The summed E-state index contributed by atoms with van der Waals surface area (Å²) in [4.78, 5) is 5.08. The van der Waals surface area contributed by atoms with Gasteiger partial charge in [0.25, 0.3) is 0 Å². The normalized spacial score (nSPS) is 10.4. The Hall–Kier alpha value is -1.13. The van der Waals surface area contributed by atoms with Crippen LogP contribution in [0.4, 0.5) is 10.2 Å². The molecule has 0 aliphatic carbocycles. The summed E-state index contributed by atoms with van der Waals surface area (Å²) in [6, 6.07) is 6.79. The molecule has 0 amide bonds. The van der Waals surface area contributed by atoms with Crippen molar-refractivity contribution < 1.29 is 4.39 Å². The summed E-state index contributed by atoms with van der Waals surface area (Å²) in [7, 11) is 0. The van der Waals surface area contributed by atoms with Crippen molar-refractivity contribution in [2.24, 2.45) is 0 Å². The van der Waals surface area contributed by atoms with Gasteiger partial charge in [-0.15, -0.1) is 11.3 Å². The molecular formula is C11H10ClFN2S. The Bertz CT molecular complexity index is 473. The summed E-state index contributed by atoms with van der Waals surface area (Å²) in [5.74, 6) is -0.0307. The van der Waals surface area contributed by atoms with E-state index in [-0.39, 0.29) is 5.82 Å². The van der Waals surface area contributed by atoms with Crippen molar-refractivity contribution in [3.8, 4) is 0 Å². The van der Waals surface area contributed by atoms with Gasteiger partial charge in [-0.1, -0.05) is 11.6 Å². The number of aromatic nitrogens is 1. The topological polar surface area (TPSA) is 24.9 Å². The first kappa shape index (κ1) is 11.4. The third kappa shape index (κ3) is 2.93. The maximum absolute atomic E-state index is 13.2. The highest BCUT2D eigenvalue weighted by atomic mass is 35.5. The largest absolute Gasteiger partial charge is 0.367 e. The Balaban J connectivity index is 1.87. The fourth-order valence-electron chi connectivity index (χ4n) is 1.31. The molecule has 0 aliphatic heterocycles. The lowest BCUT2D eigenvalue weighted by Crippen LogP contribution is -2.06. The highest BCUT2D eigenvalue weighted by Crippen LogP contribution is 2.21. The number of thiophene rings is 1. The van der Waals surface area contributed by atoms with Crippen LogP contribution in [-0.4, -0.2) is 11.5 Å². The maximum atomic E-state index is 13.2. The van der Waals surface area contributed by atoms with Crippen LogP contribution < -0.4 is 5.32 Å². The summed E-state index contributed by atoms with van der Waals surface area (Å²) in [5.41, 5.74) is 0. The number of hydrogen-bond donors (Lipinski definition) is 1. The fraction of sp³-hybridized carbons (Fsp3) is 0.182. The molecule has 1 N–H and O–H groups in total. The van der Waals surface area contributed by atoms with Crippen LogP contribution in [-0.2, 0) is 6.42 Å². The van der Waals surface area contributed by atoms with E-state index >= 15 is 0 Å². The van der Waals surface area contributed by atoms with Crippen molar-refractivity contribution in [1.82, 2.24) is 4.98 Å². The molecule has 0 radical (unpaired) electrons. The highest BCUT2D eigenvalue weighted by molar-refractivity contribution is 7.16. The van der Waals surface area contributed by atoms with Gasteiger partial charge in [0.2, 0.25) is 0 Å². The predicted molar refractivity (Wildman–Crippen MR) is 65.7 cm³/mol. The van der Waals surface area contributed by atoms with Crippen molar-refractivity contribution in [2.45, 2.75) is 6.42 Å². The molecule has 2 heterocycles. The van der Waals surface area contributed by atoms with Crippen molar-refractivity contribution in [3.63, 3.8) is 0 Å². The number of nitrogens with zero attached hydrogens (tertiary/aromatic N) is 1. The molecule has 0 bridgehead atoms. The van der Waals surface area contributed by atoms with Crippen LogP contribution in [0.2, 0.25) is 4.34 Å². The number of anilines is 1. The lowest BCUT2D eigenvalue weighted by atomic mass is 10.3. The van der Waals surface area contributed by atoms with Crippen molar-refractivity contribution in [1.29, 1.82) is 0 Å². The number of halogens is 2. The first-order valence-electron chi connectivity index (χ1n) is 4.84. The molecule has 0 aromatic carbocycles. The Morgan fingerprint density at radius 1 is 1.38 bits per heavy atom. The van der Waals surface area contributed by atoms with Crippen LogP contribution in [0.5, 0.6) is 0 Å². The zero-order valence-corrected chi connectivity index (χ0v) is 9.98. The molecule has 5 heteroatoms. The van der Waals surface area contributed by atoms with E-state index in [0.717, 1.165) is 10.8 Å². The number of hydrogen-bond acceptors (Lipinski definition) is 3. The molecule has 16 heavy (non-hydrogen) atoms. The predicted octanol–water partition coefficient (Wildman–Crippen LogP) is 3.59. The molecule has 0 atom stereocenters. The Morgan fingerprint density at radius 2 is 2.25 bits per heavy atom. The van der Waals surface area contributed by atoms with E-state index in [1.807, 2.05) is 12.1 Å². The molecule has 0 spiro atoms. The lowest BCUT2D eigenvalue weighted by Gasteiger charge is -2.04. The molecule has 2 aromatic heterocycles. The minimum absolute atomic E-state index is 0.296. The summed E-state index contributed by atoms with van der Waals surface area (Å²) in [6.07, 6.45) is 2.38. The minimum Gasteiger partial charge on any atom is -0.367 e. The van der Waals surface area contributed by atoms with Gasteiger partial charge in [-0.3, -0.25) is 0 Å². The van der Waals surface area contributed by atoms with Gasteiger partial charge in [-0.25, -0.2) is 9.37 Å². The van der Waals surface area contributed by atoms with Crippen LogP contribution in [0, 0.1) is 5.82 Å². The zero-order chi connectivity index (χ0) is 11.4. The van der Waals surface area contributed by atoms with Crippen LogP contribution >= 0.6 is 22.9 Å². The van der Waals surface area contributed by atoms with Crippen molar-refractivity contribution in [2.75, 3.05) is 11.9 Å². The Morgan fingerprint density at radius 3 is 2.94 bits per heavy atom. The second kappa shape index (κ2) is 5.27. The molecule has 2 aromatic rings. The number of rotatable bonds is 4. The van der Waals surface area contributed by atoms with Gasteiger partial charge in [0.05, 0.1) is 4.34 Å². The van der Waals surface area contributed by atoms with Crippen molar-refractivity contribution in [3.05, 3.63) is 45.5 Å². The van der Waals surface area contributed by atoms with Gasteiger partial charge in [0.15, 0.2) is 11.6 Å². The summed E-state index contributed by atoms with van der Waals surface area (Å²) >= 11 is 7.35. The van der Waals surface area contributed by atoms with Crippen LogP contribution in [0.1, 0.15) is 4.88 Å². The molecule has 2 nitrogen and oxygen atoms in total. The van der Waals surface area contributed by atoms with E-state index in [1.54, 1.807) is 12.3 Å². The number of pyridine rings is 1. The quantitative estimate of drug-likeness (QED) is 0.904. The van der Waals surface area contributed by atoms with E-state index < -0.39 is 0 Å². The monoisotopic (exact) mass is 256 g/mol. The first-order valence-corrected chi connectivity index (χ1v) is 6.04. The van der Waals surface area contributed by atoms with Crippen LogP contribution in [0.3, 0.4) is 0 Å². The Kier molecular flexibility index (Phi) is 3.74. The van der Waals surface area contributed by atoms with Gasteiger partial charge in [-0.2, -0.15) is 0 Å². The highest BCUT2D eigenvalue weighted by Gasteiger charge is 2.02. The molecule has 84 valence electrons. The van der Waals surface area contributed by atoms with E-state index in [2.05, 4.69) is 10.3 Å². The molecule has 0 aliphatic rings. The molecule has 0 saturated heterocycles. The third-order valence-electron chi connectivity index (χ3n) is 2.05. The van der Waals surface area contributed by atoms with Gasteiger partial charge >= 0.3 is 0 Å². The summed E-state index contributed by atoms with van der Waals surface area (Å²) in [5, 5.41) is 2.95. The zero-order valence-electron chi connectivity index (χ0n) is 8.41. The summed E-state index contributed by atoms with van der Waals surface area (Å²) < 4.78 is 14.0. The molecule has 2 rings (SSSR count). The molecule has 0 saturated carbocycles. The van der Waals surface area contributed by atoms with Crippen LogP contribution in [0.15, 0.2) is 30.5 Å². The van der Waals surface area contributed by atoms with Gasteiger partial charge in [0.1, 0.15) is 0 Å². The minimum atomic E-state index is -0.327.